The molecule has 1 aliphatic heterocycles. The van der Waals surface area contributed by atoms with Crippen LogP contribution in [-0.2, 0) is 4.79 Å². The van der Waals surface area contributed by atoms with Crippen molar-refractivity contribution in [2.75, 3.05) is 19.0 Å². The first-order valence-corrected chi connectivity index (χ1v) is 13.9. The molecule has 1 aromatic heterocycles. The molecule has 1 atom stereocenters. The van der Waals surface area contributed by atoms with Crippen LogP contribution in [0.4, 0.5) is 5.69 Å². The van der Waals surface area contributed by atoms with Gasteiger partial charge in [0.05, 0.1) is 35.6 Å². The third-order valence-electron chi connectivity index (χ3n) is 6.47. The summed E-state index contributed by atoms with van der Waals surface area (Å²) in [5.41, 5.74) is 3.04. The van der Waals surface area contributed by atoms with E-state index in [1.54, 1.807) is 18.6 Å². The number of nitrogens with zero attached hydrogens (tertiary/aromatic N) is 2. The summed E-state index contributed by atoms with van der Waals surface area (Å²) in [6.45, 7) is 6.65. The highest BCUT2D eigenvalue weighted by Crippen LogP contribution is 2.32. The molecule has 204 valence electrons. The lowest BCUT2D eigenvalue weighted by Crippen LogP contribution is -2.40. The van der Waals surface area contributed by atoms with Crippen molar-refractivity contribution >= 4 is 29.0 Å². The van der Waals surface area contributed by atoms with Gasteiger partial charge in [0.2, 0.25) is 0 Å². The summed E-state index contributed by atoms with van der Waals surface area (Å²) in [5.74, 6) is 1.54. The van der Waals surface area contributed by atoms with Crippen molar-refractivity contribution in [3.8, 4) is 11.5 Å². The average molecular weight is 554 g/mol. The van der Waals surface area contributed by atoms with E-state index < -0.39 is 6.04 Å². The quantitative estimate of drug-likeness (QED) is 0.336. The Hall–Kier alpha value is -4.43. The molecular formula is C32H31N3O4S. The highest BCUT2D eigenvalue weighted by atomic mass is 32.1. The molecule has 0 unspecified atom stereocenters. The van der Waals surface area contributed by atoms with Gasteiger partial charge in [-0.2, -0.15) is 0 Å². The van der Waals surface area contributed by atoms with Gasteiger partial charge in [-0.05, 0) is 66.4 Å². The number of ether oxygens (including phenoxy) is 2. The van der Waals surface area contributed by atoms with Gasteiger partial charge >= 0.3 is 0 Å². The normalized spacial score (nSPS) is 15.0. The molecule has 0 saturated carbocycles. The van der Waals surface area contributed by atoms with E-state index in [0.717, 1.165) is 16.9 Å². The lowest BCUT2D eigenvalue weighted by atomic mass is 9.95. The van der Waals surface area contributed by atoms with Crippen LogP contribution in [0.2, 0.25) is 0 Å². The molecule has 0 spiro atoms. The zero-order valence-electron chi connectivity index (χ0n) is 22.9. The largest absolute Gasteiger partial charge is 0.497 e. The molecule has 40 heavy (non-hydrogen) atoms. The number of nitrogens with one attached hydrogen (secondary N) is 1. The van der Waals surface area contributed by atoms with Crippen LogP contribution in [0, 0.1) is 5.92 Å². The molecule has 1 aliphatic rings. The van der Waals surface area contributed by atoms with Crippen molar-refractivity contribution in [1.82, 2.24) is 4.57 Å². The summed E-state index contributed by atoms with van der Waals surface area (Å²) < 4.78 is 13.4. The Morgan fingerprint density at radius 3 is 2.50 bits per heavy atom. The average Bonchev–Trinajstić information content (AvgIpc) is 3.26. The van der Waals surface area contributed by atoms with Crippen molar-refractivity contribution in [2.45, 2.75) is 26.8 Å². The molecule has 2 heterocycles. The van der Waals surface area contributed by atoms with Gasteiger partial charge in [-0.3, -0.25) is 14.2 Å². The molecule has 1 amide bonds. The van der Waals surface area contributed by atoms with E-state index in [0.29, 0.717) is 44.6 Å². The summed E-state index contributed by atoms with van der Waals surface area (Å²) in [6, 6.07) is 23.7. The molecule has 0 saturated heterocycles. The molecule has 8 heteroatoms. The van der Waals surface area contributed by atoms with Gasteiger partial charge in [0.25, 0.3) is 11.5 Å². The fourth-order valence-electron chi connectivity index (χ4n) is 4.53. The first kappa shape index (κ1) is 27.1. The third-order valence-corrected chi connectivity index (χ3v) is 7.45. The van der Waals surface area contributed by atoms with Crippen LogP contribution in [0.3, 0.4) is 0 Å². The molecular weight excluding hydrogens is 522 g/mol. The lowest BCUT2D eigenvalue weighted by Gasteiger charge is -2.25. The molecule has 0 bridgehead atoms. The highest BCUT2D eigenvalue weighted by molar-refractivity contribution is 7.07. The summed E-state index contributed by atoms with van der Waals surface area (Å²) in [6.07, 6.45) is 1.85. The first-order valence-electron chi connectivity index (χ1n) is 13.1. The molecule has 0 fully saturated rings. The Kier molecular flexibility index (Phi) is 7.98. The number of amides is 1. The number of para-hydroxylation sites is 1. The number of benzene rings is 3. The lowest BCUT2D eigenvalue weighted by molar-refractivity contribution is -0.113. The Bertz CT molecular complexity index is 1740. The zero-order chi connectivity index (χ0) is 28.2. The zero-order valence-corrected chi connectivity index (χ0v) is 23.7. The second kappa shape index (κ2) is 11.8. The minimum absolute atomic E-state index is 0.214. The standard InChI is InChI=1S/C32H31N3O4S/c1-20(2)19-39-25-15-13-22(14-16-25)17-27-31(37)35-29(23-9-8-12-26(18-23)38-4)28(21(3)33-32(35)40-27)30(36)34-24-10-6-5-7-11-24/h5-18,20,29H,19H2,1-4H3,(H,34,36)/b27-17+/t29-/m1/s1. The molecule has 1 N–H and O–H groups in total. The summed E-state index contributed by atoms with van der Waals surface area (Å²) in [5, 5.41) is 2.97. The maximum atomic E-state index is 13.9. The van der Waals surface area contributed by atoms with Gasteiger partial charge in [-0.1, -0.05) is 67.6 Å². The molecule has 5 rings (SSSR count). The van der Waals surface area contributed by atoms with Gasteiger partial charge in [0.15, 0.2) is 4.80 Å². The van der Waals surface area contributed by atoms with Gasteiger partial charge in [-0.25, -0.2) is 4.99 Å². The second-order valence-corrected chi connectivity index (χ2v) is 11.0. The number of aromatic nitrogens is 1. The van der Waals surface area contributed by atoms with Crippen LogP contribution < -0.4 is 29.7 Å². The highest BCUT2D eigenvalue weighted by Gasteiger charge is 2.32. The van der Waals surface area contributed by atoms with Crippen LogP contribution in [-0.4, -0.2) is 24.2 Å². The van der Waals surface area contributed by atoms with E-state index >= 15 is 0 Å². The van der Waals surface area contributed by atoms with Crippen LogP contribution in [0.25, 0.3) is 6.08 Å². The Labute approximate surface area is 236 Å². The van der Waals surface area contributed by atoms with Gasteiger partial charge in [-0.15, -0.1) is 0 Å². The summed E-state index contributed by atoms with van der Waals surface area (Å²) in [7, 11) is 1.59. The fourth-order valence-corrected chi connectivity index (χ4v) is 5.58. The number of hydrogen-bond acceptors (Lipinski definition) is 6. The van der Waals surface area contributed by atoms with Crippen molar-refractivity contribution in [1.29, 1.82) is 0 Å². The van der Waals surface area contributed by atoms with E-state index in [-0.39, 0.29) is 11.5 Å². The van der Waals surface area contributed by atoms with E-state index in [2.05, 4.69) is 19.2 Å². The number of carbonyl (C=O) groups excluding carboxylic acids is 1. The van der Waals surface area contributed by atoms with Gasteiger partial charge < -0.3 is 14.8 Å². The summed E-state index contributed by atoms with van der Waals surface area (Å²) >= 11 is 1.30. The monoisotopic (exact) mass is 553 g/mol. The number of methoxy groups -OCH3 is 1. The number of thiazole rings is 1. The molecule has 4 aromatic rings. The van der Waals surface area contributed by atoms with Crippen LogP contribution in [0.5, 0.6) is 11.5 Å². The van der Waals surface area contributed by atoms with Crippen molar-refractivity contribution in [2.24, 2.45) is 10.9 Å². The fraction of sp³-hybridized carbons (Fsp3) is 0.219. The van der Waals surface area contributed by atoms with Crippen molar-refractivity contribution < 1.29 is 14.3 Å². The van der Waals surface area contributed by atoms with Gasteiger partial charge in [0, 0.05) is 5.69 Å². The van der Waals surface area contributed by atoms with E-state index in [9.17, 15) is 9.59 Å². The molecule has 3 aromatic carbocycles. The number of carbonyl (C=O) groups is 1. The van der Waals surface area contributed by atoms with Crippen LogP contribution in [0.1, 0.15) is 37.9 Å². The predicted octanol–water partition coefficient (Wildman–Crippen LogP) is 4.92. The smallest absolute Gasteiger partial charge is 0.271 e. The Morgan fingerprint density at radius 1 is 1.05 bits per heavy atom. The Morgan fingerprint density at radius 2 is 1.80 bits per heavy atom. The third kappa shape index (κ3) is 5.77. The van der Waals surface area contributed by atoms with Crippen molar-refractivity contribution in [3.05, 3.63) is 121 Å². The Balaban J connectivity index is 1.59. The summed E-state index contributed by atoms with van der Waals surface area (Å²) in [4.78, 5) is 32.8. The van der Waals surface area contributed by atoms with E-state index in [1.807, 2.05) is 84.9 Å². The second-order valence-electron chi connectivity index (χ2n) is 9.95. The van der Waals surface area contributed by atoms with Gasteiger partial charge in [0.1, 0.15) is 11.5 Å². The molecule has 0 aliphatic carbocycles. The number of hydrogen-bond donors (Lipinski definition) is 1. The topological polar surface area (TPSA) is 81.9 Å². The van der Waals surface area contributed by atoms with E-state index in [1.165, 1.54) is 11.3 Å². The minimum atomic E-state index is -0.677. The first-order chi connectivity index (χ1) is 19.3. The maximum absolute atomic E-state index is 13.9. The minimum Gasteiger partial charge on any atom is -0.497 e. The number of fused-ring (bicyclic) bond motifs is 1. The van der Waals surface area contributed by atoms with Crippen LogP contribution >= 0.6 is 11.3 Å². The molecule has 7 nitrogen and oxygen atoms in total. The number of rotatable bonds is 8. The van der Waals surface area contributed by atoms with E-state index in [4.69, 9.17) is 14.5 Å². The predicted molar refractivity (Wildman–Crippen MR) is 159 cm³/mol. The van der Waals surface area contributed by atoms with Crippen LogP contribution in [0.15, 0.2) is 99.9 Å². The maximum Gasteiger partial charge on any atom is 0.271 e. The number of allylic oxidation sites excluding steroid dienone is 1. The SMILES string of the molecule is COc1cccc([C@@H]2C(C(=O)Nc3ccccc3)=C(C)N=c3s/c(=C/c4ccc(OCC(C)C)cc4)c(=O)n32)c1. The van der Waals surface area contributed by atoms with Crippen molar-refractivity contribution in [3.63, 3.8) is 0 Å². The molecule has 0 radical (unpaired) electrons. The number of anilines is 1.